The predicted octanol–water partition coefficient (Wildman–Crippen LogP) is 2.31. The predicted molar refractivity (Wildman–Crippen MR) is 89.2 cm³/mol. The Morgan fingerprint density at radius 2 is 2.00 bits per heavy atom. The molecule has 1 aliphatic heterocycles. The molecule has 118 valence electrons. The zero-order valence-electron chi connectivity index (χ0n) is 14.1. The monoisotopic (exact) mass is 291 g/mol. The molecule has 0 aliphatic carbocycles. The molecule has 1 fully saturated rings. The van der Waals surface area contributed by atoms with Gasteiger partial charge in [0.05, 0.1) is 0 Å². The Morgan fingerprint density at radius 3 is 2.62 bits per heavy atom. The zero-order chi connectivity index (χ0) is 15.4. The maximum absolute atomic E-state index is 4.84. The van der Waals surface area contributed by atoms with Gasteiger partial charge in [-0.05, 0) is 33.4 Å². The van der Waals surface area contributed by atoms with Crippen molar-refractivity contribution in [1.29, 1.82) is 0 Å². The van der Waals surface area contributed by atoms with Crippen LogP contribution in [0, 0.1) is 6.92 Å². The van der Waals surface area contributed by atoms with Gasteiger partial charge in [0.1, 0.15) is 17.5 Å². The third-order valence-electron chi connectivity index (χ3n) is 4.36. The Balaban J connectivity index is 2.42. The summed E-state index contributed by atoms with van der Waals surface area (Å²) in [7, 11) is 4.15. The minimum absolute atomic E-state index is 0.528. The van der Waals surface area contributed by atoms with Crippen molar-refractivity contribution in [3.8, 4) is 0 Å². The fourth-order valence-electron chi connectivity index (χ4n) is 3.10. The molecule has 1 unspecified atom stereocenters. The van der Waals surface area contributed by atoms with E-state index in [0.29, 0.717) is 6.04 Å². The molecular weight excluding hydrogens is 262 g/mol. The SMILES string of the molecule is CCc1nc(NC)c(C)c(N2CCCN(C)CC2CC)n1. The van der Waals surface area contributed by atoms with Gasteiger partial charge in [0, 0.05) is 38.2 Å². The van der Waals surface area contributed by atoms with Crippen LogP contribution in [-0.4, -0.2) is 54.6 Å². The molecule has 1 atom stereocenters. The van der Waals surface area contributed by atoms with Gasteiger partial charge in [-0.25, -0.2) is 9.97 Å². The molecule has 1 aliphatic rings. The lowest BCUT2D eigenvalue weighted by molar-refractivity contribution is 0.327. The van der Waals surface area contributed by atoms with Crippen LogP contribution < -0.4 is 10.2 Å². The van der Waals surface area contributed by atoms with Gasteiger partial charge in [0.25, 0.3) is 0 Å². The van der Waals surface area contributed by atoms with Gasteiger partial charge >= 0.3 is 0 Å². The maximum atomic E-state index is 4.84. The Hall–Kier alpha value is -1.36. The Morgan fingerprint density at radius 1 is 1.24 bits per heavy atom. The zero-order valence-corrected chi connectivity index (χ0v) is 14.1. The lowest BCUT2D eigenvalue weighted by Crippen LogP contribution is -2.41. The van der Waals surface area contributed by atoms with Crippen molar-refractivity contribution in [2.75, 3.05) is 43.9 Å². The highest BCUT2D eigenvalue weighted by Crippen LogP contribution is 2.27. The van der Waals surface area contributed by atoms with Crippen molar-refractivity contribution in [3.63, 3.8) is 0 Å². The molecule has 1 saturated heterocycles. The van der Waals surface area contributed by atoms with Crippen LogP contribution in [0.15, 0.2) is 0 Å². The highest BCUT2D eigenvalue weighted by atomic mass is 15.3. The second-order valence-electron chi connectivity index (χ2n) is 5.91. The minimum atomic E-state index is 0.528. The maximum Gasteiger partial charge on any atom is 0.137 e. The Bertz CT molecular complexity index is 474. The second-order valence-corrected chi connectivity index (χ2v) is 5.91. The van der Waals surface area contributed by atoms with Crippen LogP contribution in [0.25, 0.3) is 0 Å². The van der Waals surface area contributed by atoms with Gasteiger partial charge in [-0.2, -0.15) is 0 Å². The molecular formula is C16H29N5. The van der Waals surface area contributed by atoms with E-state index >= 15 is 0 Å². The summed E-state index contributed by atoms with van der Waals surface area (Å²) in [5.41, 5.74) is 1.16. The normalized spacial score (nSPS) is 20.4. The van der Waals surface area contributed by atoms with Crippen LogP contribution in [0.2, 0.25) is 0 Å². The van der Waals surface area contributed by atoms with Crippen LogP contribution in [0.4, 0.5) is 11.6 Å². The number of hydrogen-bond acceptors (Lipinski definition) is 5. The average Bonchev–Trinajstić information content (AvgIpc) is 2.68. The first-order chi connectivity index (χ1) is 10.1. The fourth-order valence-corrected chi connectivity index (χ4v) is 3.10. The number of likely N-dealkylation sites (N-methyl/N-ethyl adjacent to an activating group) is 1. The second kappa shape index (κ2) is 7.07. The van der Waals surface area contributed by atoms with E-state index in [1.54, 1.807) is 0 Å². The van der Waals surface area contributed by atoms with Crippen molar-refractivity contribution >= 4 is 11.6 Å². The summed E-state index contributed by atoms with van der Waals surface area (Å²) in [5, 5.41) is 3.22. The molecule has 0 radical (unpaired) electrons. The van der Waals surface area contributed by atoms with E-state index in [0.717, 1.165) is 55.5 Å². The first-order valence-corrected chi connectivity index (χ1v) is 8.11. The minimum Gasteiger partial charge on any atom is -0.373 e. The summed E-state index contributed by atoms with van der Waals surface area (Å²) in [6.45, 7) is 9.86. The van der Waals surface area contributed by atoms with Crippen molar-refractivity contribution in [3.05, 3.63) is 11.4 Å². The van der Waals surface area contributed by atoms with E-state index in [1.807, 2.05) is 7.05 Å². The highest BCUT2D eigenvalue weighted by Gasteiger charge is 2.25. The number of aryl methyl sites for hydroxylation is 1. The molecule has 1 aromatic rings. The molecule has 0 bridgehead atoms. The van der Waals surface area contributed by atoms with Crippen LogP contribution in [0.5, 0.6) is 0 Å². The lowest BCUT2D eigenvalue weighted by atomic mass is 10.1. The van der Waals surface area contributed by atoms with E-state index < -0.39 is 0 Å². The number of nitrogens with one attached hydrogen (secondary N) is 1. The molecule has 0 amide bonds. The third kappa shape index (κ3) is 3.46. The van der Waals surface area contributed by atoms with Crippen molar-refractivity contribution < 1.29 is 0 Å². The van der Waals surface area contributed by atoms with Gasteiger partial charge in [-0.3, -0.25) is 0 Å². The van der Waals surface area contributed by atoms with Gasteiger partial charge in [-0.1, -0.05) is 13.8 Å². The molecule has 0 spiro atoms. The first kappa shape index (κ1) is 16.0. The summed E-state index contributed by atoms with van der Waals surface area (Å²) < 4.78 is 0. The molecule has 0 saturated carbocycles. The smallest absolute Gasteiger partial charge is 0.137 e. The highest BCUT2D eigenvalue weighted by molar-refractivity contribution is 5.59. The molecule has 2 rings (SSSR count). The van der Waals surface area contributed by atoms with Crippen LogP contribution in [-0.2, 0) is 6.42 Å². The van der Waals surface area contributed by atoms with Gasteiger partial charge in [-0.15, -0.1) is 0 Å². The van der Waals surface area contributed by atoms with Crippen LogP contribution in [0.3, 0.4) is 0 Å². The standard InChI is InChI=1S/C16H29N5/c1-6-13-11-20(5)9-8-10-21(13)16-12(3)15(17-4)18-14(7-2)19-16/h13H,6-11H2,1-5H3,(H,17,18,19). The average molecular weight is 291 g/mol. The number of hydrogen-bond donors (Lipinski definition) is 1. The number of aromatic nitrogens is 2. The molecule has 5 nitrogen and oxygen atoms in total. The topological polar surface area (TPSA) is 44.3 Å². The molecule has 5 heteroatoms. The molecule has 21 heavy (non-hydrogen) atoms. The quantitative estimate of drug-likeness (QED) is 0.922. The van der Waals surface area contributed by atoms with E-state index in [2.05, 4.69) is 47.9 Å². The van der Waals surface area contributed by atoms with E-state index in [-0.39, 0.29) is 0 Å². The Labute approximate surface area is 128 Å². The molecule has 0 aromatic carbocycles. The summed E-state index contributed by atoms with van der Waals surface area (Å²) in [4.78, 5) is 14.4. The fraction of sp³-hybridized carbons (Fsp3) is 0.750. The Kier molecular flexibility index (Phi) is 5.39. The number of anilines is 2. The molecule has 1 aromatic heterocycles. The lowest BCUT2D eigenvalue weighted by Gasteiger charge is -2.32. The van der Waals surface area contributed by atoms with Crippen LogP contribution >= 0.6 is 0 Å². The van der Waals surface area contributed by atoms with Crippen molar-refractivity contribution in [2.45, 2.75) is 46.1 Å². The number of rotatable bonds is 4. The van der Waals surface area contributed by atoms with Gasteiger partial charge < -0.3 is 15.1 Å². The first-order valence-electron chi connectivity index (χ1n) is 8.11. The van der Waals surface area contributed by atoms with Crippen LogP contribution in [0.1, 0.15) is 38.1 Å². The largest absolute Gasteiger partial charge is 0.373 e. The third-order valence-corrected chi connectivity index (χ3v) is 4.36. The van der Waals surface area contributed by atoms with Crippen molar-refractivity contribution in [1.82, 2.24) is 14.9 Å². The van der Waals surface area contributed by atoms with Crippen molar-refractivity contribution in [2.24, 2.45) is 0 Å². The summed E-state index contributed by atoms with van der Waals surface area (Å²) in [6.07, 6.45) is 3.20. The summed E-state index contributed by atoms with van der Waals surface area (Å²) in [5.74, 6) is 3.00. The van der Waals surface area contributed by atoms with Gasteiger partial charge in [0.15, 0.2) is 0 Å². The summed E-state index contributed by atoms with van der Waals surface area (Å²) in [6, 6.07) is 0.528. The van der Waals surface area contributed by atoms with E-state index in [4.69, 9.17) is 4.98 Å². The summed E-state index contributed by atoms with van der Waals surface area (Å²) >= 11 is 0. The van der Waals surface area contributed by atoms with Gasteiger partial charge in [0.2, 0.25) is 0 Å². The van der Waals surface area contributed by atoms with E-state index in [1.165, 1.54) is 6.42 Å². The number of nitrogens with zero attached hydrogens (tertiary/aromatic N) is 4. The van der Waals surface area contributed by atoms with E-state index in [9.17, 15) is 0 Å². The molecule has 1 N–H and O–H groups in total. The molecule has 2 heterocycles.